The van der Waals surface area contributed by atoms with Gasteiger partial charge in [0, 0.05) is 18.5 Å². The van der Waals surface area contributed by atoms with E-state index in [1.165, 1.54) is 12.8 Å². The molecule has 2 rings (SSSR count). The normalized spacial score (nSPS) is 28.7. The highest BCUT2D eigenvalue weighted by Gasteiger charge is 2.34. The van der Waals surface area contributed by atoms with Gasteiger partial charge in [-0.05, 0) is 50.9 Å². The quantitative estimate of drug-likeness (QED) is 0.711. The Labute approximate surface area is 103 Å². The Morgan fingerprint density at radius 3 is 2.06 bits per heavy atom. The maximum Gasteiger partial charge on any atom is 0.217 e. The molecule has 4 nitrogen and oxygen atoms in total. The maximum absolute atomic E-state index is 11.0. The smallest absolute Gasteiger partial charge is 0.217 e. The molecule has 96 valence electrons. The molecular formula is C13H22N2O2. The van der Waals surface area contributed by atoms with Crippen molar-refractivity contribution in [2.24, 2.45) is 11.7 Å². The highest BCUT2D eigenvalue weighted by molar-refractivity contribution is 5.73. The number of hydrogen-bond donors (Lipinski definition) is 1. The minimum atomic E-state index is -0.195. The summed E-state index contributed by atoms with van der Waals surface area (Å²) < 4.78 is 0. The number of rotatable bonds is 6. The molecule has 2 aliphatic carbocycles. The van der Waals surface area contributed by atoms with Gasteiger partial charge in [-0.2, -0.15) is 0 Å². The Morgan fingerprint density at radius 2 is 1.65 bits per heavy atom. The Morgan fingerprint density at radius 1 is 1.12 bits per heavy atom. The van der Waals surface area contributed by atoms with Crippen molar-refractivity contribution in [3.05, 3.63) is 0 Å². The predicted octanol–water partition coefficient (Wildman–Crippen LogP) is 1.43. The van der Waals surface area contributed by atoms with Crippen molar-refractivity contribution in [3.63, 3.8) is 0 Å². The average molecular weight is 238 g/mol. The molecule has 0 bridgehead atoms. The van der Waals surface area contributed by atoms with Crippen molar-refractivity contribution in [2.45, 2.75) is 63.5 Å². The van der Waals surface area contributed by atoms with Crippen LogP contribution in [0.15, 0.2) is 0 Å². The Balaban J connectivity index is 1.73. The van der Waals surface area contributed by atoms with Crippen LogP contribution in [-0.2, 0) is 9.59 Å². The molecule has 2 fully saturated rings. The number of nitrogens with zero attached hydrogens (tertiary/aromatic N) is 1. The predicted molar refractivity (Wildman–Crippen MR) is 65.1 cm³/mol. The van der Waals surface area contributed by atoms with Crippen LogP contribution in [0.25, 0.3) is 0 Å². The lowest BCUT2D eigenvalue weighted by molar-refractivity contribution is -0.121. The van der Waals surface area contributed by atoms with E-state index in [2.05, 4.69) is 0 Å². The fourth-order valence-electron chi connectivity index (χ4n) is 2.92. The molecule has 0 aromatic carbocycles. The zero-order chi connectivity index (χ0) is 12.3. The maximum atomic E-state index is 11.0. The average Bonchev–Trinajstić information content (AvgIpc) is 3.13. The molecule has 0 atom stereocenters. The Hall–Kier alpha value is -1.06. The topological polar surface area (TPSA) is 63.4 Å². The van der Waals surface area contributed by atoms with E-state index < -0.39 is 0 Å². The summed E-state index contributed by atoms with van der Waals surface area (Å²) in [5.41, 5.74) is 5.16. The van der Waals surface area contributed by atoms with Crippen LogP contribution in [-0.4, -0.2) is 29.3 Å². The second kappa shape index (κ2) is 5.52. The van der Waals surface area contributed by atoms with E-state index in [1.54, 1.807) is 0 Å². The number of hydrogen-bond acceptors (Lipinski definition) is 2. The van der Waals surface area contributed by atoms with E-state index >= 15 is 0 Å². The Kier molecular flexibility index (Phi) is 4.02. The zero-order valence-corrected chi connectivity index (χ0v) is 10.3. The van der Waals surface area contributed by atoms with Gasteiger partial charge in [0.15, 0.2) is 0 Å². The van der Waals surface area contributed by atoms with Crippen molar-refractivity contribution >= 4 is 12.3 Å². The number of primary amides is 1. The van der Waals surface area contributed by atoms with Gasteiger partial charge in [0.05, 0.1) is 0 Å². The van der Waals surface area contributed by atoms with Gasteiger partial charge in [-0.3, -0.25) is 9.59 Å². The van der Waals surface area contributed by atoms with Crippen LogP contribution in [0, 0.1) is 5.92 Å². The van der Waals surface area contributed by atoms with Crippen LogP contribution in [0.1, 0.15) is 51.4 Å². The molecule has 4 heteroatoms. The third-order valence-corrected chi connectivity index (χ3v) is 4.13. The van der Waals surface area contributed by atoms with Crippen LogP contribution in [0.2, 0.25) is 0 Å². The van der Waals surface area contributed by atoms with Crippen LogP contribution in [0.5, 0.6) is 0 Å². The number of nitrogens with two attached hydrogens (primary N) is 1. The molecule has 2 N–H and O–H groups in total. The van der Waals surface area contributed by atoms with E-state index in [0.717, 1.165) is 38.5 Å². The fraction of sp³-hybridized carbons (Fsp3) is 0.846. The van der Waals surface area contributed by atoms with Crippen molar-refractivity contribution in [1.29, 1.82) is 0 Å². The van der Waals surface area contributed by atoms with Crippen molar-refractivity contribution in [3.8, 4) is 0 Å². The van der Waals surface area contributed by atoms with Crippen LogP contribution >= 0.6 is 0 Å². The highest BCUT2D eigenvalue weighted by Crippen LogP contribution is 2.35. The summed E-state index contributed by atoms with van der Waals surface area (Å²) in [7, 11) is 0. The van der Waals surface area contributed by atoms with Gasteiger partial charge in [0.25, 0.3) is 0 Å². The van der Waals surface area contributed by atoms with E-state index in [4.69, 9.17) is 5.73 Å². The number of amides is 2. The third kappa shape index (κ3) is 3.45. The summed E-state index contributed by atoms with van der Waals surface area (Å²) in [5, 5.41) is 0. The molecule has 0 saturated heterocycles. The van der Waals surface area contributed by atoms with Gasteiger partial charge in [-0.1, -0.05) is 0 Å². The summed E-state index contributed by atoms with van der Waals surface area (Å²) in [6.45, 7) is 0. The summed E-state index contributed by atoms with van der Waals surface area (Å²) in [4.78, 5) is 23.8. The van der Waals surface area contributed by atoms with E-state index in [9.17, 15) is 9.59 Å². The summed E-state index contributed by atoms with van der Waals surface area (Å²) in [6.07, 6.45) is 9.29. The highest BCUT2D eigenvalue weighted by atomic mass is 16.1. The van der Waals surface area contributed by atoms with E-state index in [0.29, 0.717) is 24.4 Å². The molecule has 0 unspecified atom stereocenters. The molecule has 0 radical (unpaired) electrons. The van der Waals surface area contributed by atoms with E-state index in [1.807, 2.05) is 4.90 Å². The first-order valence-electron chi connectivity index (χ1n) is 6.71. The summed E-state index contributed by atoms with van der Waals surface area (Å²) >= 11 is 0. The Bertz CT molecular complexity index is 281. The van der Waals surface area contributed by atoms with Crippen LogP contribution < -0.4 is 5.73 Å². The van der Waals surface area contributed by atoms with Gasteiger partial charge in [-0.25, -0.2) is 0 Å². The van der Waals surface area contributed by atoms with Crippen molar-refractivity contribution in [2.75, 3.05) is 0 Å². The third-order valence-electron chi connectivity index (χ3n) is 4.13. The van der Waals surface area contributed by atoms with Crippen molar-refractivity contribution in [1.82, 2.24) is 4.90 Å². The minimum Gasteiger partial charge on any atom is -0.370 e. The molecule has 17 heavy (non-hydrogen) atoms. The fourth-order valence-corrected chi connectivity index (χ4v) is 2.92. The SMILES string of the molecule is NC(=O)CCC1CCC(N(C=O)C2CC2)CC1. The molecule has 0 spiro atoms. The molecular weight excluding hydrogens is 216 g/mol. The first-order chi connectivity index (χ1) is 8.20. The molecule has 2 amide bonds. The lowest BCUT2D eigenvalue weighted by Gasteiger charge is -2.34. The minimum absolute atomic E-state index is 0.195. The summed E-state index contributed by atoms with van der Waals surface area (Å²) in [5.74, 6) is 0.436. The first kappa shape index (κ1) is 12.4. The van der Waals surface area contributed by atoms with Crippen LogP contribution in [0.3, 0.4) is 0 Å². The van der Waals surface area contributed by atoms with Gasteiger partial charge in [0.1, 0.15) is 0 Å². The number of carbonyl (C=O) groups excluding carboxylic acids is 2. The van der Waals surface area contributed by atoms with E-state index in [-0.39, 0.29) is 5.91 Å². The van der Waals surface area contributed by atoms with Gasteiger partial charge < -0.3 is 10.6 Å². The monoisotopic (exact) mass is 238 g/mol. The van der Waals surface area contributed by atoms with Gasteiger partial charge in [0.2, 0.25) is 12.3 Å². The summed E-state index contributed by atoms with van der Waals surface area (Å²) in [6, 6.07) is 0.976. The van der Waals surface area contributed by atoms with Gasteiger partial charge in [-0.15, -0.1) is 0 Å². The lowest BCUT2D eigenvalue weighted by Crippen LogP contribution is -2.38. The molecule has 0 aromatic rings. The molecule has 0 aliphatic heterocycles. The molecule has 0 heterocycles. The van der Waals surface area contributed by atoms with Crippen molar-refractivity contribution < 1.29 is 9.59 Å². The second-order valence-electron chi connectivity index (χ2n) is 5.46. The first-order valence-corrected chi connectivity index (χ1v) is 6.71. The molecule has 0 aromatic heterocycles. The van der Waals surface area contributed by atoms with Crippen LogP contribution in [0.4, 0.5) is 0 Å². The second-order valence-corrected chi connectivity index (χ2v) is 5.46. The largest absolute Gasteiger partial charge is 0.370 e. The number of carbonyl (C=O) groups is 2. The lowest BCUT2D eigenvalue weighted by atomic mass is 9.83. The standard InChI is InChI=1S/C13H22N2O2/c14-13(17)8-3-10-1-4-11(5-2-10)15(9-16)12-6-7-12/h9-12H,1-8H2,(H2,14,17). The van der Waals surface area contributed by atoms with Gasteiger partial charge >= 0.3 is 0 Å². The molecule has 2 aliphatic rings. The zero-order valence-electron chi connectivity index (χ0n) is 10.3. The molecule has 2 saturated carbocycles.